The second-order valence-corrected chi connectivity index (χ2v) is 5.02. The summed E-state index contributed by atoms with van der Waals surface area (Å²) >= 11 is 6.17. The van der Waals surface area contributed by atoms with Gasteiger partial charge in [-0.25, -0.2) is 0 Å². The van der Waals surface area contributed by atoms with Gasteiger partial charge in [0.1, 0.15) is 0 Å². The molecule has 3 N–H and O–H groups in total. The number of rotatable bonds is 6. The molecule has 21 heavy (non-hydrogen) atoms. The van der Waals surface area contributed by atoms with Crippen molar-refractivity contribution in [1.29, 1.82) is 0 Å². The van der Waals surface area contributed by atoms with Crippen molar-refractivity contribution in [2.45, 2.75) is 13.2 Å². The molecule has 110 valence electrons. The molecule has 1 amide bonds. The number of primary amides is 1. The summed E-state index contributed by atoms with van der Waals surface area (Å²) in [5.74, 6) is -0.484. The van der Waals surface area contributed by atoms with Gasteiger partial charge >= 0.3 is 0 Å². The Bertz CT molecular complexity index is 644. The van der Waals surface area contributed by atoms with Crippen LogP contribution in [-0.4, -0.2) is 13.0 Å². The fraction of sp³-hybridized carbons (Fsp3) is 0.188. The Morgan fingerprint density at radius 2 is 2.00 bits per heavy atom. The second kappa shape index (κ2) is 7.11. The molecule has 4 nitrogen and oxygen atoms in total. The van der Waals surface area contributed by atoms with E-state index in [1.165, 1.54) is 0 Å². The van der Waals surface area contributed by atoms with Crippen LogP contribution in [0.25, 0.3) is 0 Å². The zero-order valence-corrected chi connectivity index (χ0v) is 12.5. The van der Waals surface area contributed by atoms with Gasteiger partial charge in [0.05, 0.1) is 6.61 Å². The third-order valence-electron chi connectivity index (χ3n) is 3.12. The van der Waals surface area contributed by atoms with Crippen LogP contribution in [0, 0.1) is 0 Å². The zero-order chi connectivity index (χ0) is 15.2. The maximum absolute atomic E-state index is 11.1. The number of nitrogens with two attached hydrogens (primary N) is 1. The molecule has 0 spiro atoms. The van der Waals surface area contributed by atoms with Gasteiger partial charge in [0, 0.05) is 35.5 Å². The van der Waals surface area contributed by atoms with Gasteiger partial charge in [-0.2, -0.15) is 0 Å². The van der Waals surface area contributed by atoms with E-state index >= 15 is 0 Å². The lowest BCUT2D eigenvalue weighted by Gasteiger charge is -2.12. The van der Waals surface area contributed by atoms with Crippen molar-refractivity contribution in [3.63, 3.8) is 0 Å². The van der Waals surface area contributed by atoms with Crippen LogP contribution in [0.4, 0.5) is 5.69 Å². The van der Waals surface area contributed by atoms with Crippen molar-refractivity contribution >= 4 is 23.2 Å². The van der Waals surface area contributed by atoms with Gasteiger partial charge in [-0.1, -0.05) is 35.9 Å². The molecule has 0 bridgehead atoms. The zero-order valence-electron chi connectivity index (χ0n) is 11.7. The maximum Gasteiger partial charge on any atom is 0.248 e. The highest BCUT2D eigenvalue weighted by molar-refractivity contribution is 6.31. The molecule has 0 saturated heterocycles. The lowest BCUT2D eigenvalue weighted by molar-refractivity contribution is 0.100. The Hall–Kier alpha value is -2.04. The first-order valence-electron chi connectivity index (χ1n) is 6.50. The summed E-state index contributed by atoms with van der Waals surface area (Å²) in [5.41, 5.74) is 8.60. The summed E-state index contributed by atoms with van der Waals surface area (Å²) in [6, 6.07) is 13.0. The first-order chi connectivity index (χ1) is 10.1. The molecular formula is C16H17ClN2O2. The van der Waals surface area contributed by atoms with Gasteiger partial charge in [-0.3, -0.25) is 4.79 Å². The average Bonchev–Trinajstić information content (AvgIpc) is 2.47. The van der Waals surface area contributed by atoms with Crippen LogP contribution in [-0.2, 0) is 17.9 Å². The molecule has 5 heteroatoms. The van der Waals surface area contributed by atoms with E-state index in [2.05, 4.69) is 5.32 Å². The Morgan fingerprint density at radius 3 is 2.67 bits per heavy atom. The molecule has 2 aromatic rings. The van der Waals surface area contributed by atoms with Crippen molar-refractivity contribution in [1.82, 2.24) is 0 Å². The highest BCUT2D eigenvalue weighted by Gasteiger charge is 2.07. The largest absolute Gasteiger partial charge is 0.381 e. The smallest absolute Gasteiger partial charge is 0.248 e. The Labute approximate surface area is 128 Å². The number of halogens is 1. The minimum absolute atomic E-state index is 0.406. The van der Waals surface area contributed by atoms with E-state index in [1.807, 2.05) is 24.3 Å². The van der Waals surface area contributed by atoms with Crippen LogP contribution in [0.2, 0.25) is 5.02 Å². The normalized spacial score (nSPS) is 10.4. The summed E-state index contributed by atoms with van der Waals surface area (Å²) in [5, 5.41) is 3.84. The Morgan fingerprint density at radius 1 is 1.24 bits per heavy atom. The summed E-state index contributed by atoms with van der Waals surface area (Å²) in [6.07, 6.45) is 0. The van der Waals surface area contributed by atoms with Crippen molar-refractivity contribution < 1.29 is 9.53 Å². The highest BCUT2D eigenvalue weighted by Crippen LogP contribution is 2.21. The van der Waals surface area contributed by atoms with Crippen LogP contribution in [0.15, 0.2) is 42.5 Å². The summed E-state index contributed by atoms with van der Waals surface area (Å²) in [6.45, 7) is 1.09. The van der Waals surface area contributed by atoms with Crippen LogP contribution in [0.5, 0.6) is 0 Å². The number of ether oxygens (including phenoxy) is 1. The molecule has 0 aliphatic rings. The third kappa shape index (κ3) is 3.97. The molecule has 0 heterocycles. The number of hydrogen-bond acceptors (Lipinski definition) is 3. The SMILES string of the molecule is COCc1ccccc1NCc1ccc(C(N)=O)cc1Cl. The highest BCUT2D eigenvalue weighted by atomic mass is 35.5. The van der Waals surface area contributed by atoms with Crippen LogP contribution < -0.4 is 11.1 Å². The molecule has 2 aromatic carbocycles. The summed E-state index contributed by atoms with van der Waals surface area (Å²) < 4.78 is 5.17. The summed E-state index contributed by atoms with van der Waals surface area (Å²) in [7, 11) is 1.66. The lowest BCUT2D eigenvalue weighted by Crippen LogP contribution is -2.11. The molecule has 0 radical (unpaired) electrons. The van der Waals surface area contributed by atoms with Gasteiger partial charge < -0.3 is 15.8 Å². The maximum atomic E-state index is 11.1. The fourth-order valence-corrected chi connectivity index (χ4v) is 2.26. The second-order valence-electron chi connectivity index (χ2n) is 4.61. The van der Waals surface area contributed by atoms with Gasteiger partial charge in [0.25, 0.3) is 0 Å². The van der Waals surface area contributed by atoms with Gasteiger partial charge in [-0.15, -0.1) is 0 Å². The minimum atomic E-state index is -0.484. The predicted octanol–water partition coefficient (Wildman–Crippen LogP) is 3.20. The fourth-order valence-electron chi connectivity index (χ4n) is 2.01. The molecule has 0 unspecified atom stereocenters. The number of amides is 1. The first kappa shape index (κ1) is 15.4. The average molecular weight is 305 g/mol. The number of carbonyl (C=O) groups excluding carboxylic acids is 1. The number of hydrogen-bond donors (Lipinski definition) is 2. The van der Waals surface area contributed by atoms with Crippen LogP contribution in [0.1, 0.15) is 21.5 Å². The van der Waals surface area contributed by atoms with E-state index in [0.717, 1.165) is 16.8 Å². The van der Waals surface area contributed by atoms with Crippen molar-refractivity contribution in [3.8, 4) is 0 Å². The number of nitrogens with one attached hydrogen (secondary N) is 1. The molecule has 0 atom stereocenters. The number of anilines is 1. The van der Waals surface area contributed by atoms with Crippen molar-refractivity contribution in [3.05, 3.63) is 64.2 Å². The van der Waals surface area contributed by atoms with Gasteiger partial charge in [0.2, 0.25) is 5.91 Å². The first-order valence-corrected chi connectivity index (χ1v) is 6.88. The van der Waals surface area contributed by atoms with E-state index < -0.39 is 5.91 Å². The van der Waals surface area contributed by atoms with E-state index in [4.69, 9.17) is 22.1 Å². The topological polar surface area (TPSA) is 64.3 Å². The molecule has 0 saturated carbocycles. The van der Waals surface area contributed by atoms with E-state index in [9.17, 15) is 4.79 Å². The number of para-hydroxylation sites is 1. The van der Waals surface area contributed by atoms with Crippen molar-refractivity contribution in [2.75, 3.05) is 12.4 Å². The number of benzene rings is 2. The number of methoxy groups -OCH3 is 1. The molecular weight excluding hydrogens is 288 g/mol. The molecule has 0 aliphatic heterocycles. The van der Waals surface area contributed by atoms with E-state index in [1.54, 1.807) is 25.3 Å². The summed E-state index contributed by atoms with van der Waals surface area (Å²) in [4.78, 5) is 11.1. The molecule has 0 aliphatic carbocycles. The predicted molar refractivity (Wildman–Crippen MR) is 84.5 cm³/mol. The number of carbonyl (C=O) groups is 1. The molecule has 0 fully saturated rings. The molecule has 0 aromatic heterocycles. The minimum Gasteiger partial charge on any atom is -0.381 e. The van der Waals surface area contributed by atoms with Gasteiger partial charge in [-0.05, 0) is 23.8 Å². The van der Waals surface area contributed by atoms with Crippen molar-refractivity contribution in [2.24, 2.45) is 5.73 Å². The van der Waals surface area contributed by atoms with E-state index in [0.29, 0.717) is 23.7 Å². The molecule has 2 rings (SSSR count). The van der Waals surface area contributed by atoms with E-state index in [-0.39, 0.29) is 0 Å². The quantitative estimate of drug-likeness (QED) is 0.861. The van der Waals surface area contributed by atoms with Gasteiger partial charge in [0.15, 0.2) is 0 Å². The monoisotopic (exact) mass is 304 g/mol. The Balaban J connectivity index is 2.11. The Kier molecular flexibility index (Phi) is 5.20. The standard InChI is InChI=1S/C16H17ClN2O2/c1-21-10-13-4-2-3-5-15(13)19-9-12-7-6-11(16(18)20)8-14(12)17/h2-8,19H,9-10H2,1H3,(H2,18,20). The lowest BCUT2D eigenvalue weighted by atomic mass is 10.1. The van der Waals surface area contributed by atoms with Crippen LogP contribution >= 0.6 is 11.6 Å². The van der Waals surface area contributed by atoms with Crippen LogP contribution in [0.3, 0.4) is 0 Å². The third-order valence-corrected chi connectivity index (χ3v) is 3.48.